The highest BCUT2D eigenvalue weighted by Gasteiger charge is 2.48. The van der Waals surface area contributed by atoms with Crippen LogP contribution in [0.25, 0.3) is 11.2 Å². The number of aliphatic hydroxyl groups excluding tert-OH is 2. The van der Waals surface area contributed by atoms with Gasteiger partial charge < -0.3 is 40.4 Å². The second kappa shape index (κ2) is 16.1. The lowest BCUT2D eigenvalue weighted by Gasteiger charge is -2.38. The van der Waals surface area contributed by atoms with Gasteiger partial charge in [0.1, 0.15) is 36.0 Å². The normalized spacial score (nSPS) is 23.5. The lowest BCUT2D eigenvalue weighted by atomic mass is 10.00. The van der Waals surface area contributed by atoms with E-state index in [9.17, 15) is 19.8 Å². The molecule has 2 aromatic heterocycles. The minimum absolute atomic E-state index is 0.0927. The lowest BCUT2D eigenvalue weighted by molar-refractivity contribution is -0.136. The first-order valence-corrected chi connectivity index (χ1v) is 18.8. The molecular formula is C39H50N8O5. The molecule has 4 heterocycles. The number of H-pyrrole nitrogens is 1. The number of carbonyl (C=O) groups is 2. The van der Waals surface area contributed by atoms with Gasteiger partial charge in [-0.05, 0) is 62.3 Å². The van der Waals surface area contributed by atoms with Crippen LogP contribution in [0.5, 0.6) is 0 Å². The fourth-order valence-corrected chi connectivity index (χ4v) is 7.84. The number of fused-ring (bicyclic) bond motifs is 1. The van der Waals surface area contributed by atoms with Crippen LogP contribution in [0.3, 0.4) is 0 Å². The fraction of sp³-hybridized carbons (Fsp3) is 0.513. The van der Waals surface area contributed by atoms with Gasteiger partial charge in [-0.3, -0.25) is 9.59 Å². The molecule has 3 fully saturated rings. The third-order valence-corrected chi connectivity index (χ3v) is 10.9. The Labute approximate surface area is 304 Å². The standard InChI is InChI=1S/C39H50N8O5/c1-3-30(48)47(29-18-21-46(22-19-29)20-17-25-9-5-4-6-10-25)28-15-13-26(14-16-28)24(2)42-39(51)35-33(50)32(49)34(52-35)38-44-31-36(40-23-41-37(31)45-38)43-27-11-7-8-12-27/h4-6,9-10,13-16,23-24,27,29,32-35,49-50H,3,7-8,11-12,17-22H2,1-2H3,(H,42,51)(H2,40,41,43,44,45)/t24?,32-,33+,34-,35+/m1/s1. The van der Waals surface area contributed by atoms with E-state index in [0.29, 0.717) is 29.4 Å². The molecule has 13 nitrogen and oxygen atoms in total. The maximum atomic E-state index is 13.4. The summed E-state index contributed by atoms with van der Waals surface area (Å²) in [6, 6.07) is 18.3. The minimum Gasteiger partial charge on any atom is -0.387 e. The zero-order valence-electron chi connectivity index (χ0n) is 29.9. The third-order valence-electron chi connectivity index (χ3n) is 10.9. The number of nitrogens with zero attached hydrogens (tertiary/aromatic N) is 5. The van der Waals surface area contributed by atoms with Crippen LogP contribution in [-0.2, 0) is 20.7 Å². The molecule has 2 aromatic carbocycles. The molecule has 3 aliphatic rings. The monoisotopic (exact) mass is 710 g/mol. The van der Waals surface area contributed by atoms with Crippen molar-refractivity contribution < 1.29 is 24.5 Å². The Balaban J connectivity index is 0.959. The van der Waals surface area contributed by atoms with Crippen molar-refractivity contribution >= 4 is 34.5 Å². The molecular weight excluding hydrogens is 660 g/mol. The molecule has 1 saturated carbocycles. The molecule has 0 spiro atoms. The Bertz CT molecular complexity index is 1810. The average Bonchev–Trinajstić information content (AvgIpc) is 3.92. The van der Waals surface area contributed by atoms with Gasteiger partial charge in [0.2, 0.25) is 5.91 Å². The fourth-order valence-electron chi connectivity index (χ4n) is 7.84. The largest absolute Gasteiger partial charge is 0.387 e. The number of anilines is 2. The molecule has 2 saturated heterocycles. The highest BCUT2D eigenvalue weighted by Crippen LogP contribution is 2.35. The predicted octanol–water partition coefficient (Wildman–Crippen LogP) is 4.20. The number of ether oxygens (including phenoxy) is 1. The van der Waals surface area contributed by atoms with Gasteiger partial charge >= 0.3 is 0 Å². The van der Waals surface area contributed by atoms with Crippen molar-refractivity contribution in [3.05, 3.63) is 77.9 Å². The molecule has 52 heavy (non-hydrogen) atoms. The van der Waals surface area contributed by atoms with Crippen molar-refractivity contribution in [2.45, 2.75) is 108 Å². The van der Waals surface area contributed by atoms with E-state index in [2.05, 4.69) is 59.7 Å². The van der Waals surface area contributed by atoms with E-state index >= 15 is 0 Å². The number of aliphatic hydroxyl groups is 2. The van der Waals surface area contributed by atoms with Crippen LogP contribution in [0.4, 0.5) is 11.5 Å². The molecule has 0 radical (unpaired) electrons. The summed E-state index contributed by atoms with van der Waals surface area (Å²) >= 11 is 0. The SMILES string of the molecule is CCC(=O)N(c1ccc(C(C)NC(=O)[C@H]2O[C@@H](c3nc4ncnc(NC5CCCC5)c4[nH]3)[C@H](O)[C@@H]2O)cc1)C1CCN(CCc2ccccc2)CC1. The first kappa shape index (κ1) is 36.0. The van der Waals surface area contributed by atoms with E-state index in [1.165, 1.54) is 24.7 Å². The second-order valence-corrected chi connectivity index (χ2v) is 14.4. The highest BCUT2D eigenvalue weighted by molar-refractivity contribution is 5.93. The van der Waals surface area contributed by atoms with Gasteiger partial charge in [-0.25, -0.2) is 15.0 Å². The van der Waals surface area contributed by atoms with Crippen molar-refractivity contribution in [3.63, 3.8) is 0 Å². The van der Waals surface area contributed by atoms with E-state index in [1.807, 2.05) is 49.1 Å². The number of hydrogen-bond acceptors (Lipinski definition) is 10. The van der Waals surface area contributed by atoms with Crippen LogP contribution in [-0.4, -0.2) is 96.9 Å². The van der Waals surface area contributed by atoms with E-state index in [4.69, 9.17) is 4.74 Å². The number of carbonyl (C=O) groups excluding carboxylic acids is 2. The van der Waals surface area contributed by atoms with Crippen molar-refractivity contribution in [3.8, 4) is 0 Å². The summed E-state index contributed by atoms with van der Waals surface area (Å²) in [6.07, 6.45) is 3.92. The molecule has 0 bridgehead atoms. The lowest BCUT2D eigenvalue weighted by Crippen LogP contribution is -2.48. The van der Waals surface area contributed by atoms with Crippen LogP contribution in [0.15, 0.2) is 60.9 Å². The summed E-state index contributed by atoms with van der Waals surface area (Å²) in [4.78, 5) is 47.4. The first-order valence-electron chi connectivity index (χ1n) is 18.8. The van der Waals surface area contributed by atoms with Gasteiger partial charge in [0.15, 0.2) is 17.6 Å². The molecule has 13 heteroatoms. The topological polar surface area (TPSA) is 169 Å². The summed E-state index contributed by atoms with van der Waals surface area (Å²) < 4.78 is 5.95. The molecule has 5 N–H and O–H groups in total. The summed E-state index contributed by atoms with van der Waals surface area (Å²) in [5.74, 6) is 0.432. The number of amides is 2. The smallest absolute Gasteiger partial charge is 0.252 e. The number of nitrogens with one attached hydrogen (secondary N) is 3. The number of hydrogen-bond donors (Lipinski definition) is 5. The van der Waals surface area contributed by atoms with Gasteiger partial charge in [-0.2, -0.15) is 0 Å². The van der Waals surface area contributed by atoms with Gasteiger partial charge in [0.05, 0.1) is 6.04 Å². The summed E-state index contributed by atoms with van der Waals surface area (Å²) in [5, 5.41) is 28.2. The second-order valence-electron chi connectivity index (χ2n) is 14.4. The quantitative estimate of drug-likeness (QED) is 0.144. The molecule has 7 rings (SSSR count). The molecule has 5 atom stereocenters. The van der Waals surface area contributed by atoms with Crippen LogP contribution in [0.2, 0.25) is 0 Å². The Morgan fingerprint density at radius 3 is 2.44 bits per heavy atom. The predicted molar refractivity (Wildman–Crippen MR) is 198 cm³/mol. The molecule has 2 amide bonds. The molecule has 4 aromatic rings. The van der Waals surface area contributed by atoms with Crippen LogP contribution >= 0.6 is 0 Å². The molecule has 2 aliphatic heterocycles. The van der Waals surface area contributed by atoms with Crippen molar-refractivity contribution in [1.82, 2.24) is 30.2 Å². The molecule has 1 aliphatic carbocycles. The summed E-state index contributed by atoms with van der Waals surface area (Å²) in [6.45, 7) is 6.64. The number of benzene rings is 2. The van der Waals surface area contributed by atoms with Crippen molar-refractivity contribution in [1.29, 1.82) is 0 Å². The number of likely N-dealkylation sites (tertiary alicyclic amines) is 1. The maximum absolute atomic E-state index is 13.4. The highest BCUT2D eigenvalue weighted by atomic mass is 16.5. The van der Waals surface area contributed by atoms with E-state index in [1.54, 1.807) is 0 Å². The number of aromatic nitrogens is 4. The Morgan fingerprint density at radius 1 is 1.00 bits per heavy atom. The zero-order chi connectivity index (χ0) is 36.2. The van der Waals surface area contributed by atoms with Gasteiger partial charge in [-0.1, -0.05) is 62.2 Å². The van der Waals surface area contributed by atoms with Crippen LogP contribution in [0, 0.1) is 0 Å². The number of piperidine rings is 1. The minimum atomic E-state index is -1.46. The maximum Gasteiger partial charge on any atom is 0.252 e. The summed E-state index contributed by atoms with van der Waals surface area (Å²) in [7, 11) is 0. The average molecular weight is 711 g/mol. The van der Waals surface area contributed by atoms with Gasteiger partial charge in [0, 0.05) is 43.8 Å². The zero-order valence-corrected chi connectivity index (χ0v) is 29.9. The Morgan fingerprint density at radius 2 is 1.73 bits per heavy atom. The first-order chi connectivity index (χ1) is 25.3. The van der Waals surface area contributed by atoms with Gasteiger partial charge in [-0.15, -0.1) is 0 Å². The number of imidazole rings is 1. The van der Waals surface area contributed by atoms with Crippen molar-refractivity contribution in [2.24, 2.45) is 0 Å². The third kappa shape index (κ3) is 7.82. The van der Waals surface area contributed by atoms with Crippen LogP contribution < -0.4 is 15.5 Å². The molecule has 276 valence electrons. The number of rotatable bonds is 12. The van der Waals surface area contributed by atoms with Gasteiger partial charge in [0.25, 0.3) is 5.91 Å². The number of aromatic amines is 1. The Kier molecular flexibility index (Phi) is 11.1. The van der Waals surface area contributed by atoms with Crippen LogP contribution in [0.1, 0.15) is 87.9 Å². The van der Waals surface area contributed by atoms with E-state index in [-0.39, 0.29) is 17.8 Å². The molecule has 1 unspecified atom stereocenters. The Hall–Kier alpha value is -4.43. The van der Waals surface area contributed by atoms with E-state index in [0.717, 1.165) is 63.0 Å². The summed E-state index contributed by atoms with van der Waals surface area (Å²) in [5.41, 5.74) is 4.01. The van der Waals surface area contributed by atoms with E-state index < -0.39 is 36.4 Å². The van der Waals surface area contributed by atoms with Crippen molar-refractivity contribution in [2.75, 3.05) is 29.9 Å².